The molecule has 3 aliphatic rings. The number of hydrogen-bond acceptors (Lipinski definition) is 10. The standard InChI is InChI=1S/C21H24O10/c22-17(29-10-14-7-26-14)6-21(25,20(24)31-12-16-9-28-16)18(13-4-2-1-3-5-13)19(23)30-11-15-8-27-15/h1-5,14-16,18,25H,6-12H2. The van der Waals surface area contributed by atoms with E-state index in [1.165, 1.54) is 0 Å². The summed E-state index contributed by atoms with van der Waals surface area (Å²) >= 11 is 0. The monoisotopic (exact) mass is 436 g/mol. The summed E-state index contributed by atoms with van der Waals surface area (Å²) in [6.07, 6.45) is -1.46. The molecular formula is C21H24O10. The summed E-state index contributed by atoms with van der Waals surface area (Å²) in [7, 11) is 0. The fraction of sp³-hybridized carbons (Fsp3) is 0.571. The summed E-state index contributed by atoms with van der Waals surface area (Å²) < 4.78 is 30.6. The molecule has 3 heterocycles. The highest BCUT2D eigenvalue weighted by Crippen LogP contribution is 2.35. The molecule has 0 aliphatic carbocycles. The summed E-state index contributed by atoms with van der Waals surface area (Å²) in [4.78, 5) is 38.4. The van der Waals surface area contributed by atoms with Crippen LogP contribution in [0.2, 0.25) is 0 Å². The first kappa shape index (κ1) is 21.7. The van der Waals surface area contributed by atoms with Crippen LogP contribution in [-0.2, 0) is 42.8 Å². The molecule has 0 saturated carbocycles. The molecule has 0 amide bonds. The molecular weight excluding hydrogens is 412 g/mol. The van der Waals surface area contributed by atoms with E-state index in [4.69, 9.17) is 28.4 Å². The lowest BCUT2D eigenvalue weighted by atomic mass is 9.79. The molecule has 5 atom stereocenters. The number of aliphatic hydroxyl groups is 1. The first-order valence-corrected chi connectivity index (χ1v) is 10.1. The van der Waals surface area contributed by atoms with Gasteiger partial charge in [0.25, 0.3) is 0 Å². The minimum absolute atomic E-state index is 0.000651. The van der Waals surface area contributed by atoms with Crippen molar-refractivity contribution in [3.63, 3.8) is 0 Å². The second-order valence-corrected chi connectivity index (χ2v) is 7.72. The van der Waals surface area contributed by atoms with Crippen LogP contribution < -0.4 is 0 Å². The summed E-state index contributed by atoms with van der Waals surface area (Å²) in [5, 5.41) is 11.4. The summed E-state index contributed by atoms with van der Waals surface area (Å²) in [5.74, 6) is -4.38. The predicted octanol–water partition coefficient (Wildman–Crippen LogP) is -0.283. The van der Waals surface area contributed by atoms with Gasteiger partial charge in [-0.15, -0.1) is 0 Å². The Morgan fingerprint density at radius 1 is 0.903 bits per heavy atom. The van der Waals surface area contributed by atoms with Crippen molar-refractivity contribution in [2.75, 3.05) is 39.6 Å². The molecule has 0 aromatic heterocycles. The van der Waals surface area contributed by atoms with Gasteiger partial charge in [-0.05, 0) is 5.56 Å². The normalized spacial score (nSPS) is 26.2. The van der Waals surface area contributed by atoms with E-state index >= 15 is 0 Å². The van der Waals surface area contributed by atoms with E-state index in [1.807, 2.05) is 0 Å². The Bertz CT molecular complexity index is 800. The average molecular weight is 436 g/mol. The zero-order valence-electron chi connectivity index (χ0n) is 16.8. The van der Waals surface area contributed by atoms with Gasteiger partial charge in [-0.25, -0.2) is 4.79 Å². The first-order valence-electron chi connectivity index (χ1n) is 10.1. The van der Waals surface area contributed by atoms with Gasteiger partial charge in [0.05, 0.1) is 26.2 Å². The molecule has 1 aromatic carbocycles. The van der Waals surface area contributed by atoms with E-state index in [0.717, 1.165) is 0 Å². The van der Waals surface area contributed by atoms with Gasteiger partial charge in [-0.3, -0.25) is 9.59 Å². The number of benzene rings is 1. The predicted molar refractivity (Wildman–Crippen MR) is 101 cm³/mol. The minimum Gasteiger partial charge on any atom is -0.463 e. The zero-order chi connectivity index (χ0) is 21.8. The Hall–Kier alpha value is -2.53. The molecule has 0 spiro atoms. The number of rotatable bonds is 12. The van der Waals surface area contributed by atoms with Crippen molar-refractivity contribution in [3.8, 4) is 0 Å². The third-order valence-corrected chi connectivity index (χ3v) is 5.06. The van der Waals surface area contributed by atoms with Crippen LogP contribution >= 0.6 is 0 Å². The van der Waals surface area contributed by atoms with E-state index in [1.54, 1.807) is 30.3 Å². The van der Waals surface area contributed by atoms with Crippen molar-refractivity contribution in [1.82, 2.24) is 0 Å². The van der Waals surface area contributed by atoms with Crippen molar-refractivity contribution in [1.29, 1.82) is 0 Å². The number of hydrogen-bond donors (Lipinski definition) is 1. The van der Waals surface area contributed by atoms with Gasteiger partial charge in [0, 0.05) is 0 Å². The SMILES string of the molecule is O=C(CC(O)(C(=O)OCC1CO1)C(C(=O)OCC1CO1)c1ccccc1)OCC1CO1. The van der Waals surface area contributed by atoms with Crippen LogP contribution in [0.15, 0.2) is 30.3 Å². The van der Waals surface area contributed by atoms with Crippen molar-refractivity contribution in [2.24, 2.45) is 0 Å². The zero-order valence-corrected chi connectivity index (χ0v) is 16.8. The van der Waals surface area contributed by atoms with Crippen LogP contribution in [0, 0.1) is 0 Å². The summed E-state index contributed by atoms with van der Waals surface area (Å²) in [6, 6.07) is 8.13. The number of carbonyl (C=O) groups is 3. The lowest BCUT2D eigenvalue weighted by Gasteiger charge is -2.32. The van der Waals surface area contributed by atoms with Crippen LogP contribution in [-0.4, -0.2) is 86.6 Å². The van der Waals surface area contributed by atoms with E-state index in [-0.39, 0.29) is 38.1 Å². The summed E-state index contributed by atoms with van der Waals surface area (Å²) in [5.41, 5.74) is -2.25. The molecule has 3 saturated heterocycles. The maximum absolute atomic E-state index is 13.0. The Kier molecular flexibility index (Phi) is 6.51. The van der Waals surface area contributed by atoms with Crippen LogP contribution in [0.3, 0.4) is 0 Å². The third kappa shape index (κ3) is 6.01. The molecule has 168 valence electrons. The van der Waals surface area contributed by atoms with Crippen LogP contribution in [0.25, 0.3) is 0 Å². The molecule has 1 N–H and O–H groups in total. The maximum Gasteiger partial charge on any atom is 0.340 e. The van der Waals surface area contributed by atoms with Gasteiger partial charge in [0.1, 0.15) is 44.1 Å². The molecule has 0 radical (unpaired) electrons. The minimum atomic E-state index is -2.54. The van der Waals surface area contributed by atoms with Crippen LogP contribution in [0.4, 0.5) is 0 Å². The molecule has 3 fully saturated rings. The highest BCUT2D eigenvalue weighted by atomic mass is 16.6. The topological polar surface area (TPSA) is 137 Å². The first-order chi connectivity index (χ1) is 15.0. The largest absolute Gasteiger partial charge is 0.463 e. The van der Waals surface area contributed by atoms with Gasteiger partial charge >= 0.3 is 17.9 Å². The molecule has 3 aliphatic heterocycles. The van der Waals surface area contributed by atoms with Gasteiger partial charge in [0.15, 0.2) is 5.60 Å². The second kappa shape index (κ2) is 9.31. The molecule has 4 rings (SSSR count). The molecule has 0 bridgehead atoms. The van der Waals surface area contributed by atoms with Gasteiger partial charge in [0.2, 0.25) is 0 Å². The second-order valence-electron chi connectivity index (χ2n) is 7.72. The van der Waals surface area contributed by atoms with Gasteiger partial charge in [-0.2, -0.15) is 0 Å². The highest BCUT2D eigenvalue weighted by molar-refractivity contribution is 5.94. The quantitative estimate of drug-likeness (QED) is 0.264. The smallest absolute Gasteiger partial charge is 0.340 e. The van der Waals surface area contributed by atoms with Crippen LogP contribution in [0.5, 0.6) is 0 Å². The Labute approximate surface area is 178 Å². The lowest BCUT2D eigenvalue weighted by Crippen LogP contribution is -2.51. The number of carbonyl (C=O) groups excluding carboxylic acids is 3. The maximum atomic E-state index is 13.0. The Morgan fingerprint density at radius 3 is 1.97 bits per heavy atom. The fourth-order valence-corrected chi connectivity index (χ4v) is 3.05. The van der Waals surface area contributed by atoms with E-state index < -0.39 is 35.8 Å². The highest BCUT2D eigenvalue weighted by Gasteiger charge is 2.53. The van der Waals surface area contributed by atoms with Crippen molar-refractivity contribution in [2.45, 2.75) is 36.3 Å². The van der Waals surface area contributed by atoms with Crippen molar-refractivity contribution >= 4 is 17.9 Å². The van der Waals surface area contributed by atoms with E-state index in [9.17, 15) is 19.5 Å². The van der Waals surface area contributed by atoms with Crippen molar-refractivity contribution in [3.05, 3.63) is 35.9 Å². The Balaban J connectivity index is 1.56. The van der Waals surface area contributed by atoms with E-state index in [2.05, 4.69) is 0 Å². The van der Waals surface area contributed by atoms with Crippen molar-refractivity contribution < 1.29 is 47.9 Å². The van der Waals surface area contributed by atoms with E-state index in [0.29, 0.717) is 25.4 Å². The van der Waals surface area contributed by atoms with Crippen LogP contribution in [0.1, 0.15) is 17.9 Å². The van der Waals surface area contributed by atoms with Gasteiger partial charge < -0.3 is 33.5 Å². The molecule has 31 heavy (non-hydrogen) atoms. The lowest BCUT2D eigenvalue weighted by molar-refractivity contribution is -0.181. The number of ether oxygens (including phenoxy) is 6. The Morgan fingerprint density at radius 2 is 1.42 bits per heavy atom. The molecule has 10 heteroatoms. The fourth-order valence-electron chi connectivity index (χ4n) is 3.05. The number of esters is 3. The third-order valence-electron chi connectivity index (χ3n) is 5.06. The number of epoxide rings is 3. The average Bonchev–Trinajstić information content (AvgIpc) is 3.63. The van der Waals surface area contributed by atoms with Gasteiger partial charge in [-0.1, -0.05) is 30.3 Å². The molecule has 10 nitrogen and oxygen atoms in total. The summed E-state index contributed by atoms with van der Waals surface area (Å²) in [6.45, 7) is 1.25. The molecule has 1 aromatic rings. The molecule has 5 unspecified atom stereocenters.